The largest absolute Gasteiger partial charge is 0.457 e. The molecule has 4 amide bonds. The number of carbonyl (C=O) groups is 3. The Bertz CT molecular complexity index is 906. The average Bonchev–Trinajstić information content (AvgIpc) is 3.06. The van der Waals surface area contributed by atoms with Gasteiger partial charge in [0.15, 0.2) is 0 Å². The SMILES string of the molecule is CN1C(=O)C(=Cc2ccc(-c3cc(Cl)ccc3Cl)o2)C(=O)N(C)C1=O. The number of benzene rings is 1. The summed E-state index contributed by atoms with van der Waals surface area (Å²) in [6, 6.07) is 7.51. The van der Waals surface area contributed by atoms with E-state index in [9.17, 15) is 14.4 Å². The molecule has 0 N–H and O–H groups in total. The van der Waals surface area contributed by atoms with Gasteiger partial charge in [-0.1, -0.05) is 23.2 Å². The zero-order chi connectivity index (χ0) is 18.3. The molecule has 1 aromatic heterocycles. The molecule has 25 heavy (non-hydrogen) atoms. The van der Waals surface area contributed by atoms with Gasteiger partial charge in [-0.05, 0) is 36.4 Å². The number of barbiturate groups is 1. The summed E-state index contributed by atoms with van der Waals surface area (Å²) < 4.78 is 5.66. The van der Waals surface area contributed by atoms with Gasteiger partial charge in [-0.2, -0.15) is 0 Å². The standard InChI is InChI=1S/C17H12Cl2N2O4/c1-20-15(22)12(16(23)21(2)17(20)24)8-10-4-6-14(25-10)11-7-9(18)3-5-13(11)19/h3-8H,1-2H3. The van der Waals surface area contributed by atoms with Gasteiger partial charge in [0.25, 0.3) is 11.8 Å². The average molecular weight is 379 g/mol. The van der Waals surface area contributed by atoms with Crippen molar-refractivity contribution in [3.05, 3.63) is 51.7 Å². The normalized spacial score (nSPS) is 15.2. The predicted molar refractivity (Wildman–Crippen MR) is 93.1 cm³/mol. The Kier molecular flexibility index (Phi) is 4.41. The number of halogens is 2. The van der Waals surface area contributed by atoms with Crippen molar-refractivity contribution < 1.29 is 18.8 Å². The summed E-state index contributed by atoms with van der Waals surface area (Å²) in [7, 11) is 2.61. The molecule has 0 spiro atoms. The van der Waals surface area contributed by atoms with Crippen LogP contribution in [-0.4, -0.2) is 41.7 Å². The molecular weight excluding hydrogens is 367 g/mol. The number of likely N-dealkylation sites (N-methyl/N-ethyl adjacent to an activating group) is 2. The van der Waals surface area contributed by atoms with Crippen LogP contribution in [0.5, 0.6) is 0 Å². The van der Waals surface area contributed by atoms with E-state index < -0.39 is 17.8 Å². The van der Waals surface area contributed by atoms with Crippen molar-refractivity contribution in [1.82, 2.24) is 9.80 Å². The number of carbonyl (C=O) groups excluding carboxylic acids is 3. The van der Waals surface area contributed by atoms with Crippen LogP contribution in [-0.2, 0) is 9.59 Å². The third kappa shape index (κ3) is 3.06. The minimum Gasteiger partial charge on any atom is -0.457 e. The minimum absolute atomic E-state index is 0.164. The summed E-state index contributed by atoms with van der Waals surface area (Å²) in [4.78, 5) is 37.8. The third-order valence-electron chi connectivity index (χ3n) is 3.75. The van der Waals surface area contributed by atoms with E-state index in [2.05, 4.69) is 0 Å². The molecule has 0 saturated carbocycles. The van der Waals surface area contributed by atoms with E-state index in [1.807, 2.05) is 0 Å². The lowest BCUT2D eigenvalue weighted by Crippen LogP contribution is -2.52. The maximum Gasteiger partial charge on any atom is 0.333 e. The van der Waals surface area contributed by atoms with E-state index in [1.165, 1.54) is 20.2 Å². The van der Waals surface area contributed by atoms with Crippen molar-refractivity contribution >= 4 is 47.1 Å². The molecule has 0 bridgehead atoms. The van der Waals surface area contributed by atoms with Gasteiger partial charge in [-0.15, -0.1) is 0 Å². The number of furan rings is 1. The molecule has 1 saturated heterocycles. The Hall–Kier alpha value is -2.57. The smallest absolute Gasteiger partial charge is 0.333 e. The first-order valence-electron chi connectivity index (χ1n) is 7.16. The van der Waals surface area contributed by atoms with Crippen molar-refractivity contribution in [3.8, 4) is 11.3 Å². The number of rotatable bonds is 2. The van der Waals surface area contributed by atoms with E-state index in [0.29, 0.717) is 21.4 Å². The highest BCUT2D eigenvalue weighted by Crippen LogP contribution is 2.32. The Morgan fingerprint density at radius 1 is 0.960 bits per heavy atom. The first kappa shape index (κ1) is 17.3. The van der Waals surface area contributed by atoms with E-state index in [1.54, 1.807) is 30.3 Å². The molecule has 0 atom stereocenters. The van der Waals surface area contributed by atoms with Crippen LogP contribution < -0.4 is 0 Å². The lowest BCUT2D eigenvalue weighted by Gasteiger charge is -2.28. The van der Waals surface area contributed by atoms with Crippen LogP contribution in [0.15, 0.2) is 40.3 Å². The second kappa shape index (κ2) is 6.38. The van der Waals surface area contributed by atoms with E-state index >= 15 is 0 Å². The van der Waals surface area contributed by atoms with E-state index in [0.717, 1.165) is 9.80 Å². The number of imide groups is 2. The van der Waals surface area contributed by atoms with Gasteiger partial charge >= 0.3 is 6.03 Å². The molecule has 0 aliphatic carbocycles. The zero-order valence-corrected chi connectivity index (χ0v) is 14.8. The van der Waals surface area contributed by atoms with Gasteiger partial charge in [0.2, 0.25) is 0 Å². The summed E-state index contributed by atoms with van der Waals surface area (Å²) in [5.41, 5.74) is 0.423. The van der Waals surface area contributed by atoms with Gasteiger partial charge in [0, 0.05) is 24.7 Å². The molecule has 8 heteroatoms. The van der Waals surface area contributed by atoms with Crippen LogP contribution >= 0.6 is 23.2 Å². The second-order valence-corrected chi connectivity index (χ2v) is 6.24. The van der Waals surface area contributed by atoms with Crippen molar-refractivity contribution in [1.29, 1.82) is 0 Å². The third-order valence-corrected chi connectivity index (χ3v) is 4.32. The van der Waals surface area contributed by atoms with E-state index in [4.69, 9.17) is 27.6 Å². The fourth-order valence-electron chi connectivity index (χ4n) is 2.38. The quantitative estimate of drug-likeness (QED) is 0.590. The second-order valence-electron chi connectivity index (χ2n) is 5.40. The highest BCUT2D eigenvalue weighted by atomic mass is 35.5. The highest BCUT2D eigenvalue weighted by Gasteiger charge is 2.38. The van der Waals surface area contributed by atoms with Crippen molar-refractivity contribution in [2.75, 3.05) is 14.1 Å². The van der Waals surface area contributed by atoms with Gasteiger partial charge in [0.05, 0.1) is 5.02 Å². The molecule has 0 unspecified atom stereocenters. The molecule has 128 valence electrons. The van der Waals surface area contributed by atoms with Crippen LogP contribution in [0.2, 0.25) is 10.0 Å². The molecule has 3 rings (SSSR count). The van der Waals surface area contributed by atoms with Crippen LogP contribution in [0.1, 0.15) is 5.76 Å². The topological polar surface area (TPSA) is 70.8 Å². The molecule has 2 heterocycles. The molecule has 2 aromatic rings. The van der Waals surface area contributed by atoms with Crippen molar-refractivity contribution in [2.45, 2.75) is 0 Å². The molecule has 1 fully saturated rings. The zero-order valence-electron chi connectivity index (χ0n) is 13.2. The predicted octanol–water partition coefficient (Wildman–Crippen LogP) is 3.69. The van der Waals surface area contributed by atoms with Crippen LogP contribution in [0, 0.1) is 0 Å². The minimum atomic E-state index is -0.688. The van der Waals surface area contributed by atoms with Gasteiger partial charge in [-0.25, -0.2) is 4.79 Å². The highest BCUT2D eigenvalue weighted by molar-refractivity contribution is 6.35. The Labute approximate surface area is 153 Å². The Morgan fingerprint density at radius 2 is 1.60 bits per heavy atom. The van der Waals surface area contributed by atoms with E-state index in [-0.39, 0.29) is 11.3 Å². The van der Waals surface area contributed by atoms with Crippen LogP contribution in [0.4, 0.5) is 4.79 Å². The monoisotopic (exact) mass is 378 g/mol. The summed E-state index contributed by atoms with van der Waals surface area (Å²) in [5.74, 6) is -0.662. The Balaban J connectivity index is 1.99. The summed E-state index contributed by atoms with van der Waals surface area (Å²) in [6.07, 6.45) is 1.30. The first-order chi connectivity index (χ1) is 11.8. The van der Waals surface area contributed by atoms with Crippen LogP contribution in [0.25, 0.3) is 17.4 Å². The molecular formula is C17H12Cl2N2O4. The number of amides is 4. The fourth-order valence-corrected chi connectivity index (χ4v) is 2.76. The maximum absolute atomic E-state index is 12.2. The first-order valence-corrected chi connectivity index (χ1v) is 7.92. The molecule has 6 nitrogen and oxygen atoms in total. The summed E-state index contributed by atoms with van der Waals surface area (Å²) >= 11 is 12.1. The summed E-state index contributed by atoms with van der Waals surface area (Å²) in [6.45, 7) is 0. The number of hydrogen-bond acceptors (Lipinski definition) is 4. The number of urea groups is 1. The van der Waals surface area contributed by atoms with Crippen LogP contribution in [0.3, 0.4) is 0 Å². The summed E-state index contributed by atoms with van der Waals surface area (Å²) in [5, 5.41) is 0.947. The van der Waals surface area contributed by atoms with Crippen molar-refractivity contribution in [3.63, 3.8) is 0 Å². The van der Waals surface area contributed by atoms with Crippen molar-refractivity contribution in [2.24, 2.45) is 0 Å². The fraction of sp³-hybridized carbons (Fsp3) is 0.118. The number of nitrogens with zero attached hydrogens (tertiary/aromatic N) is 2. The molecule has 1 aliphatic rings. The molecule has 1 aromatic carbocycles. The lowest BCUT2D eigenvalue weighted by atomic mass is 10.1. The lowest BCUT2D eigenvalue weighted by molar-refractivity contribution is -0.134. The number of hydrogen-bond donors (Lipinski definition) is 0. The van der Waals surface area contributed by atoms with Gasteiger partial charge < -0.3 is 4.42 Å². The Morgan fingerprint density at radius 3 is 2.24 bits per heavy atom. The molecule has 1 aliphatic heterocycles. The van der Waals surface area contributed by atoms with Gasteiger partial charge in [-0.3, -0.25) is 19.4 Å². The van der Waals surface area contributed by atoms with Gasteiger partial charge in [0.1, 0.15) is 17.1 Å². The molecule has 0 radical (unpaired) electrons. The maximum atomic E-state index is 12.2.